The molecule has 3 rings (SSSR count). The van der Waals surface area contributed by atoms with Gasteiger partial charge in [0, 0.05) is 25.2 Å². The number of anilines is 1. The minimum absolute atomic E-state index is 0.247. The van der Waals surface area contributed by atoms with Crippen LogP contribution in [0.4, 0.5) is 18.9 Å². The van der Waals surface area contributed by atoms with Crippen LogP contribution in [0.1, 0.15) is 24.1 Å². The Morgan fingerprint density at radius 3 is 2.46 bits per heavy atom. The summed E-state index contributed by atoms with van der Waals surface area (Å²) < 4.78 is 45.9. The molecule has 1 unspecified atom stereocenters. The Bertz CT molecular complexity index is 860. The van der Waals surface area contributed by atoms with Gasteiger partial charge in [0.1, 0.15) is 17.5 Å². The summed E-state index contributed by atoms with van der Waals surface area (Å²) in [4.78, 5) is 14.0. The Kier molecular flexibility index (Phi) is 6.36. The van der Waals surface area contributed by atoms with E-state index < -0.39 is 17.5 Å². The molecule has 148 valence electrons. The monoisotopic (exact) mass is 390 g/mol. The number of carbonyl (C=O) groups is 1. The van der Waals surface area contributed by atoms with Crippen molar-refractivity contribution in [1.29, 1.82) is 0 Å². The molecule has 0 spiro atoms. The first-order valence-electron chi connectivity index (χ1n) is 8.99. The van der Waals surface area contributed by atoms with E-state index in [2.05, 4.69) is 5.32 Å². The number of nitrogens with zero attached hydrogens (tertiary/aromatic N) is 1. The van der Waals surface area contributed by atoms with E-state index >= 15 is 0 Å². The number of rotatable bonds is 5. The maximum absolute atomic E-state index is 14.2. The van der Waals surface area contributed by atoms with Gasteiger partial charge in [-0.3, -0.25) is 4.79 Å². The molecule has 1 atom stereocenters. The molecular formula is C21H21F3N2O2. The number of hydrogen-bond donors (Lipinski definition) is 1. The molecule has 1 heterocycles. The number of amides is 1. The van der Waals surface area contributed by atoms with E-state index in [1.807, 2.05) is 4.90 Å². The van der Waals surface area contributed by atoms with Gasteiger partial charge in [-0.15, -0.1) is 0 Å². The molecule has 1 aliphatic rings. The van der Waals surface area contributed by atoms with Crippen LogP contribution in [0.25, 0.3) is 6.08 Å². The molecular weight excluding hydrogens is 369 g/mol. The molecule has 2 aromatic rings. The smallest absolute Gasteiger partial charge is 0.244 e. The van der Waals surface area contributed by atoms with Gasteiger partial charge in [0.15, 0.2) is 0 Å². The van der Waals surface area contributed by atoms with Gasteiger partial charge in [-0.2, -0.15) is 0 Å². The Morgan fingerprint density at radius 2 is 1.79 bits per heavy atom. The molecule has 0 aliphatic carbocycles. The van der Waals surface area contributed by atoms with E-state index in [4.69, 9.17) is 4.74 Å². The highest BCUT2D eigenvalue weighted by Crippen LogP contribution is 2.25. The predicted octanol–water partition coefficient (Wildman–Crippen LogP) is 3.83. The number of ether oxygens (including phenoxy) is 1. The van der Waals surface area contributed by atoms with E-state index in [0.29, 0.717) is 32.0 Å². The molecule has 7 heteroatoms. The molecule has 2 aromatic carbocycles. The molecule has 0 radical (unpaired) electrons. The summed E-state index contributed by atoms with van der Waals surface area (Å²) >= 11 is 0. The molecule has 1 amide bonds. The fourth-order valence-corrected chi connectivity index (χ4v) is 3.03. The van der Waals surface area contributed by atoms with E-state index in [0.717, 1.165) is 23.8 Å². The van der Waals surface area contributed by atoms with Crippen LogP contribution in [-0.4, -0.2) is 32.2 Å². The van der Waals surface area contributed by atoms with Gasteiger partial charge >= 0.3 is 0 Å². The van der Waals surface area contributed by atoms with Crippen molar-refractivity contribution in [3.8, 4) is 0 Å². The zero-order chi connectivity index (χ0) is 20.1. The highest BCUT2D eigenvalue weighted by Gasteiger charge is 2.17. The first-order chi connectivity index (χ1) is 13.4. The van der Waals surface area contributed by atoms with Crippen LogP contribution in [-0.2, 0) is 9.53 Å². The average molecular weight is 390 g/mol. The zero-order valence-corrected chi connectivity index (χ0v) is 15.4. The second kappa shape index (κ2) is 8.93. The normalized spacial score (nSPS) is 15.6. The van der Waals surface area contributed by atoms with Gasteiger partial charge in [-0.25, -0.2) is 13.2 Å². The molecule has 0 aromatic heterocycles. The molecule has 1 N–H and O–H groups in total. The number of nitrogens with one attached hydrogen (secondary N) is 1. The number of benzene rings is 2. The lowest BCUT2D eigenvalue weighted by Gasteiger charge is -2.29. The SMILES string of the molecule is CC(NC(=O)/C=C/c1cc(F)cc(F)c1)c1ccc(F)c(N2CCOCC2)c1. The number of carbonyl (C=O) groups excluding carboxylic acids is 1. The minimum Gasteiger partial charge on any atom is -0.378 e. The summed E-state index contributed by atoms with van der Waals surface area (Å²) in [5, 5.41) is 2.77. The van der Waals surface area contributed by atoms with Crippen molar-refractivity contribution in [2.24, 2.45) is 0 Å². The maximum atomic E-state index is 14.2. The second-order valence-corrected chi connectivity index (χ2v) is 6.58. The van der Waals surface area contributed by atoms with Crippen LogP contribution in [0.15, 0.2) is 42.5 Å². The molecule has 1 fully saturated rings. The van der Waals surface area contributed by atoms with Crippen molar-refractivity contribution in [2.45, 2.75) is 13.0 Å². The van der Waals surface area contributed by atoms with Crippen molar-refractivity contribution in [2.75, 3.05) is 31.2 Å². The van der Waals surface area contributed by atoms with Crippen LogP contribution < -0.4 is 10.2 Å². The maximum Gasteiger partial charge on any atom is 0.244 e. The van der Waals surface area contributed by atoms with Gasteiger partial charge in [0.05, 0.1) is 24.9 Å². The van der Waals surface area contributed by atoms with Gasteiger partial charge < -0.3 is 15.0 Å². The Hall–Kier alpha value is -2.80. The summed E-state index contributed by atoms with van der Waals surface area (Å²) in [5.41, 5.74) is 1.48. The Labute approximate surface area is 161 Å². The summed E-state index contributed by atoms with van der Waals surface area (Å²) in [6.45, 7) is 4.08. The Balaban J connectivity index is 1.67. The van der Waals surface area contributed by atoms with Crippen molar-refractivity contribution in [3.05, 3.63) is 71.1 Å². The fraction of sp³-hybridized carbons (Fsp3) is 0.286. The second-order valence-electron chi connectivity index (χ2n) is 6.58. The quantitative estimate of drug-likeness (QED) is 0.789. The van der Waals surface area contributed by atoms with E-state index in [-0.39, 0.29) is 17.4 Å². The molecule has 0 bridgehead atoms. The zero-order valence-electron chi connectivity index (χ0n) is 15.4. The van der Waals surface area contributed by atoms with E-state index in [9.17, 15) is 18.0 Å². The standard InChI is InChI=1S/C21H21F3N2O2/c1-14(25-21(27)5-2-15-10-17(22)13-18(23)11-15)16-3-4-19(24)20(12-16)26-6-8-28-9-7-26/h2-5,10-14H,6-9H2,1H3,(H,25,27)/b5-2+. The topological polar surface area (TPSA) is 41.6 Å². The highest BCUT2D eigenvalue weighted by molar-refractivity contribution is 5.92. The van der Waals surface area contributed by atoms with Crippen LogP contribution in [0.5, 0.6) is 0 Å². The third kappa shape index (κ3) is 5.13. The highest BCUT2D eigenvalue weighted by atomic mass is 19.1. The minimum atomic E-state index is -0.713. The van der Waals surface area contributed by atoms with Gasteiger partial charge in [0.25, 0.3) is 0 Å². The molecule has 28 heavy (non-hydrogen) atoms. The van der Waals surface area contributed by atoms with Crippen LogP contribution in [0.2, 0.25) is 0 Å². The molecule has 1 saturated heterocycles. The summed E-state index contributed by atoms with van der Waals surface area (Å²) in [6, 6.07) is 7.37. The average Bonchev–Trinajstić information content (AvgIpc) is 2.66. The Morgan fingerprint density at radius 1 is 1.11 bits per heavy atom. The fourth-order valence-electron chi connectivity index (χ4n) is 3.03. The lowest BCUT2D eigenvalue weighted by Crippen LogP contribution is -2.37. The number of morpholine rings is 1. The summed E-state index contributed by atoms with van der Waals surface area (Å²) in [6.07, 6.45) is 2.54. The lowest BCUT2D eigenvalue weighted by molar-refractivity contribution is -0.117. The largest absolute Gasteiger partial charge is 0.378 e. The molecule has 0 saturated carbocycles. The molecule has 4 nitrogen and oxygen atoms in total. The third-order valence-electron chi connectivity index (χ3n) is 4.49. The van der Waals surface area contributed by atoms with Crippen molar-refractivity contribution in [1.82, 2.24) is 5.32 Å². The van der Waals surface area contributed by atoms with Crippen molar-refractivity contribution >= 4 is 17.7 Å². The molecule has 1 aliphatic heterocycles. The van der Waals surface area contributed by atoms with Crippen molar-refractivity contribution < 1.29 is 22.7 Å². The third-order valence-corrected chi connectivity index (χ3v) is 4.49. The van der Waals surface area contributed by atoms with E-state index in [1.54, 1.807) is 19.1 Å². The van der Waals surface area contributed by atoms with Crippen molar-refractivity contribution in [3.63, 3.8) is 0 Å². The predicted molar refractivity (Wildman–Crippen MR) is 101 cm³/mol. The summed E-state index contributed by atoms with van der Waals surface area (Å²) in [7, 11) is 0. The van der Waals surface area contributed by atoms with E-state index in [1.165, 1.54) is 18.2 Å². The van der Waals surface area contributed by atoms with Gasteiger partial charge in [-0.1, -0.05) is 6.07 Å². The lowest BCUT2D eigenvalue weighted by atomic mass is 10.1. The summed E-state index contributed by atoms with van der Waals surface area (Å²) in [5.74, 6) is -2.17. The first-order valence-corrected chi connectivity index (χ1v) is 8.99. The number of halogens is 3. The van der Waals surface area contributed by atoms with Crippen LogP contribution >= 0.6 is 0 Å². The van der Waals surface area contributed by atoms with Crippen LogP contribution in [0.3, 0.4) is 0 Å². The van der Waals surface area contributed by atoms with Gasteiger partial charge in [0.2, 0.25) is 5.91 Å². The first kappa shape index (κ1) is 19.9. The van der Waals surface area contributed by atoms with Gasteiger partial charge in [-0.05, 0) is 48.4 Å². The number of hydrogen-bond acceptors (Lipinski definition) is 3. The van der Waals surface area contributed by atoms with Crippen LogP contribution in [0, 0.1) is 17.5 Å².